The molecule has 0 saturated carbocycles. The number of aromatic nitrogens is 3. The summed E-state index contributed by atoms with van der Waals surface area (Å²) in [5, 5.41) is 2.80. The van der Waals surface area contributed by atoms with Crippen LogP contribution in [0.5, 0.6) is 0 Å². The summed E-state index contributed by atoms with van der Waals surface area (Å²) in [6.45, 7) is 6.52. The van der Waals surface area contributed by atoms with Crippen molar-refractivity contribution < 1.29 is 4.79 Å². The van der Waals surface area contributed by atoms with Crippen LogP contribution in [0.3, 0.4) is 0 Å². The van der Waals surface area contributed by atoms with E-state index in [1.807, 2.05) is 18.2 Å². The van der Waals surface area contributed by atoms with E-state index in [4.69, 9.17) is 0 Å². The molecule has 0 aliphatic heterocycles. The second-order valence-corrected chi connectivity index (χ2v) is 5.25. The molecule has 0 aliphatic carbocycles. The van der Waals surface area contributed by atoms with E-state index in [9.17, 15) is 4.79 Å². The third kappa shape index (κ3) is 5.02. The van der Waals surface area contributed by atoms with Gasteiger partial charge < -0.3 is 10.2 Å². The molecule has 0 saturated heterocycles. The topological polar surface area (TPSA) is 71.0 Å². The third-order valence-corrected chi connectivity index (χ3v) is 3.34. The van der Waals surface area contributed by atoms with Gasteiger partial charge in [0.1, 0.15) is 11.5 Å². The lowest BCUT2D eigenvalue weighted by Gasteiger charge is -2.22. The van der Waals surface area contributed by atoms with E-state index >= 15 is 0 Å². The molecule has 1 N–H and O–H groups in total. The predicted octanol–water partition coefficient (Wildman–Crippen LogP) is 2.43. The van der Waals surface area contributed by atoms with Crippen molar-refractivity contribution in [3.63, 3.8) is 0 Å². The van der Waals surface area contributed by atoms with Crippen LogP contribution in [0.15, 0.2) is 36.8 Å². The van der Waals surface area contributed by atoms with Crippen molar-refractivity contribution in [3.8, 4) is 0 Å². The first-order valence-electron chi connectivity index (χ1n) is 7.99. The van der Waals surface area contributed by atoms with Crippen LogP contribution in [-0.2, 0) is 6.54 Å². The van der Waals surface area contributed by atoms with Crippen LogP contribution < -0.4 is 10.2 Å². The number of nitrogens with zero attached hydrogens (tertiary/aromatic N) is 4. The van der Waals surface area contributed by atoms with Crippen molar-refractivity contribution in [1.29, 1.82) is 0 Å². The van der Waals surface area contributed by atoms with Gasteiger partial charge in [-0.2, -0.15) is 0 Å². The third-order valence-electron chi connectivity index (χ3n) is 3.34. The predicted molar refractivity (Wildman–Crippen MR) is 90.2 cm³/mol. The lowest BCUT2D eigenvalue weighted by Crippen LogP contribution is -2.27. The molecule has 0 spiro atoms. The molecule has 122 valence electrons. The summed E-state index contributed by atoms with van der Waals surface area (Å²) in [6.07, 6.45) is 7.00. The lowest BCUT2D eigenvalue weighted by atomic mass is 10.3. The van der Waals surface area contributed by atoms with Gasteiger partial charge in [-0.25, -0.2) is 9.97 Å². The van der Waals surface area contributed by atoms with E-state index in [0.29, 0.717) is 12.2 Å². The highest BCUT2D eigenvalue weighted by molar-refractivity contribution is 5.91. The molecular formula is C17H23N5O. The van der Waals surface area contributed by atoms with Crippen LogP contribution in [0.25, 0.3) is 0 Å². The monoisotopic (exact) mass is 313 g/mol. The maximum Gasteiger partial charge on any atom is 0.271 e. The van der Waals surface area contributed by atoms with Crippen LogP contribution in [0.4, 0.5) is 5.82 Å². The Bertz CT molecular complexity index is 594. The molecule has 23 heavy (non-hydrogen) atoms. The van der Waals surface area contributed by atoms with E-state index in [2.05, 4.69) is 39.0 Å². The summed E-state index contributed by atoms with van der Waals surface area (Å²) in [6, 6.07) is 5.59. The van der Waals surface area contributed by atoms with Gasteiger partial charge in [0.25, 0.3) is 5.91 Å². The number of hydrogen-bond donors (Lipinski definition) is 1. The van der Waals surface area contributed by atoms with Crippen molar-refractivity contribution >= 4 is 11.7 Å². The SMILES string of the molecule is CCCN(CCC)c1cnc(C(=O)NCc2ccccn2)cn1. The highest BCUT2D eigenvalue weighted by Crippen LogP contribution is 2.10. The minimum absolute atomic E-state index is 0.243. The molecule has 0 aromatic carbocycles. The molecule has 0 aliphatic rings. The van der Waals surface area contributed by atoms with Crippen LogP contribution in [0.1, 0.15) is 42.9 Å². The summed E-state index contributed by atoms with van der Waals surface area (Å²) in [7, 11) is 0. The van der Waals surface area contributed by atoms with Gasteiger partial charge in [0.05, 0.1) is 24.6 Å². The van der Waals surface area contributed by atoms with Gasteiger partial charge in [-0.05, 0) is 25.0 Å². The summed E-state index contributed by atoms with van der Waals surface area (Å²) < 4.78 is 0. The van der Waals surface area contributed by atoms with Crippen LogP contribution in [0.2, 0.25) is 0 Å². The van der Waals surface area contributed by atoms with Crippen LogP contribution in [0, 0.1) is 0 Å². The minimum Gasteiger partial charge on any atom is -0.355 e. The van der Waals surface area contributed by atoms with Gasteiger partial charge in [0.15, 0.2) is 0 Å². The average molecular weight is 313 g/mol. The van der Waals surface area contributed by atoms with Crippen molar-refractivity contribution in [2.24, 2.45) is 0 Å². The normalized spacial score (nSPS) is 10.3. The Balaban J connectivity index is 1.96. The molecule has 0 fully saturated rings. The first kappa shape index (κ1) is 16.9. The maximum atomic E-state index is 12.1. The van der Waals surface area contributed by atoms with E-state index in [1.165, 1.54) is 6.20 Å². The highest BCUT2D eigenvalue weighted by atomic mass is 16.1. The Kier molecular flexibility index (Phi) is 6.47. The Morgan fingerprint density at radius 3 is 2.43 bits per heavy atom. The zero-order chi connectivity index (χ0) is 16.5. The van der Waals surface area contributed by atoms with Crippen molar-refractivity contribution in [3.05, 3.63) is 48.2 Å². The minimum atomic E-state index is -0.243. The van der Waals surface area contributed by atoms with E-state index < -0.39 is 0 Å². The first-order valence-corrected chi connectivity index (χ1v) is 7.99. The largest absolute Gasteiger partial charge is 0.355 e. The molecule has 2 aromatic rings. The Morgan fingerprint density at radius 1 is 1.09 bits per heavy atom. The number of carbonyl (C=O) groups is 1. The summed E-state index contributed by atoms with van der Waals surface area (Å²) in [5.41, 5.74) is 1.13. The van der Waals surface area contributed by atoms with Crippen LogP contribution in [-0.4, -0.2) is 33.9 Å². The average Bonchev–Trinajstić information content (AvgIpc) is 2.60. The van der Waals surface area contributed by atoms with E-state index in [0.717, 1.165) is 37.4 Å². The van der Waals surface area contributed by atoms with E-state index in [1.54, 1.807) is 12.4 Å². The second-order valence-electron chi connectivity index (χ2n) is 5.25. The second kappa shape index (κ2) is 8.82. The summed E-state index contributed by atoms with van der Waals surface area (Å²) in [4.78, 5) is 27.1. The molecular weight excluding hydrogens is 290 g/mol. The number of rotatable bonds is 8. The zero-order valence-corrected chi connectivity index (χ0v) is 13.7. The standard InChI is InChI=1S/C17H23N5O/c1-3-9-22(10-4-2)16-13-19-15(12-20-16)17(23)21-11-14-7-5-6-8-18-14/h5-8,12-13H,3-4,9-11H2,1-2H3,(H,21,23). The molecule has 0 unspecified atom stereocenters. The fourth-order valence-corrected chi connectivity index (χ4v) is 2.25. The molecule has 6 heteroatoms. The quantitative estimate of drug-likeness (QED) is 0.810. The maximum absolute atomic E-state index is 12.1. The highest BCUT2D eigenvalue weighted by Gasteiger charge is 2.11. The summed E-state index contributed by atoms with van der Waals surface area (Å²) in [5.74, 6) is 0.571. The van der Waals surface area contributed by atoms with Gasteiger partial charge in [0, 0.05) is 19.3 Å². The van der Waals surface area contributed by atoms with Gasteiger partial charge in [-0.15, -0.1) is 0 Å². The van der Waals surface area contributed by atoms with Crippen molar-refractivity contribution in [2.45, 2.75) is 33.2 Å². The molecule has 0 bridgehead atoms. The molecule has 2 rings (SSSR count). The molecule has 0 atom stereocenters. The molecule has 1 amide bonds. The van der Waals surface area contributed by atoms with Gasteiger partial charge in [-0.1, -0.05) is 19.9 Å². The fourth-order valence-electron chi connectivity index (χ4n) is 2.25. The number of pyridine rings is 1. The van der Waals surface area contributed by atoms with Crippen molar-refractivity contribution in [1.82, 2.24) is 20.3 Å². The molecule has 2 aromatic heterocycles. The number of nitrogens with one attached hydrogen (secondary N) is 1. The fraction of sp³-hybridized carbons (Fsp3) is 0.412. The van der Waals surface area contributed by atoms with Crippen LogP contribution >= 0.6 is 0 Å². The zero-order valence-electron chi connectivity index (χ0n) is 13.7. The van der Waals surface area contributed by atoms with Gasteiger partial charge in [0.2, 0.25) is 0 Å². The van der Waals surface area contributed by atoms with E-state index in [-0.39, 0.29) is 5.91 Å². The summed E-state index contributed by atoms with van der Waals surface area (Å²) >= 11 is 0. The Morgan fingerprint density at radius 2 is 1.87 bits per heavy atom. The number of carbonyl (C=O) groups excluding carboxylic acids is 1. The Hall–Kier alpha value is -2.50. The number of anilines is 1. The first-order chi connectivity index (χ1) is 11.2. The Labute approximate surface area is 137 Å². The smallest absolute Gasteiger partial charge is 0.271 e. The number of amides is 1. The van der Waals surface area contributed by atoms with Gasteiger partial charge in [-0.3, -0.25) is 9.78 Å². The molecule has 2 heterocycles. The van der Waals surface area contributed by atoms with Crippen molar-refractivity contribution in [2.75, 3.05) is 18.0 Å². The number of hydrogen-bond acceptors (Lipinski definition) is 5. The molecule has 0 radical (unpaired) electrons. The lowest BCUT2D eigenvalue weighted by molar-refractivity contribution is 0.0945. The molecule has 6 nitrogen and oxygen atoms in total. The van der Waals surface area contributed by atoms with Gasteiger partial charge >= 0.3 is 0 Å².